The quantitative estimate of drug-likeness (QED) is 0.689. The first-order chi connectivity index (χ1) is 9.93. The molecule has 0 aliphatic carbocycles. The van der Waals surface area contributed by atoms with E-state index in [9.17, 15) is 18.4 Å². The third-order valence-corrected chi connectivity index (χ3v) is 3.72. The molecule has 0 aliphatic heterocycles. The topological polar surface area (TPSA) is 55.4 Å². The van der Waals surface area contributed by atoms with E-state index in [1.807, 2.05) is 0 Å². The highest BCUT2D eigenvalue weighted by Crippen LogP contribution is 2.25. The lowest BCUT2D eigenvalue weighted by atomic mass is 10.2. The van der Waals surface area contributed by atoms with Crippen molar-refractivity contribution in [3.8, 4) is 0 Å². The second-order valence-corrected chi connectivity index (χ2v) is 5.18. The Hall–Kier alpha value is -1.99. The smallest absolute Gasteiger partial charge is 0.350 e. The predicted molar refractivity (Wildman–Crippen MR) is 75.0 cm³/mol. The number of benzene rings is 1. The van der Waals surface area contributed by atoms with Crippen LogP contribution in [0.5, 0.6) is 0 Å². The molecular formula is C13H8ClF2NO3S. The number of ether oxygens (including phenoxy) is 1. The van der Waals surface area contributed by atoms with E-state index in [4.69, 9.17) is 11.6 Å². The Bertz CT molecular complexity index is 717. The predicted octanol–water partition coefficient (Wildman–Crippen LogP) is 3.72. The second-order valence-electron chi connectivity index (χ2n) is 3.86. The van der Waals surface area contributed by atoms with Gasteiger partial charge in [0.1, 0.15) is 16.5 Å². The Morgan fingerprint density at radius 2 is 2.00 bits per heavy atom. The summed E-state index contributed by atoms with van der Waals surface area (Å²) in [6, 6.07) is 2.86. The van der Waals surface area contributed by atoms with Crippen LogP contribution in [0.3, 0.4) is 0 Å². The van der Waals surface area contributed by atoms with Crippen molar-refractivity contribution < 1.29 is 23.1 Å². The summed E-state index contributed by atoms with van der Waals surface area (Å²) in [6.07, 6.45) is 0. The first-order valence-electron chi connectivity index (χ1n) is 5.55. The van der Waals surface area contributed by atoms with Crippen molar-refractivity contribution in [1.82, 2.24) is 0 Å². The Kier molecular flexibility index (Phi) is 4.54. The maximum absolute atomic E-state index is 13.6. The van der Waals surface area contributed by atoms with Crippen molar-refractivity contribution in [3.63, 3.8) is 0 Å². The Labute approximate surface area is 127 Å². The van der Waals surface area contributed by atoms with E-state index in [0.717, 1.165) is 11.3 Å². The van der Waals surface area contributed by atoms with E-state index < -0.39 is 34.1 Å². The van der Waals surface area contributed by atoms with Gasteiger partial charge in [-0.2, -0.15) is 0 Å². The van der Waals surface area contributed by atoms with Crippen LogP contribution in [0.15, 0.2) is 23.6 Å². The summed E-state index contributed by atoms with van der Waals surface area (Å²) in [6.45, 7) is 0. The van der Waals surface area contributed by atoms with E-state index in [1.54, 1.807) is 5.38 Å². The van der Waals surface area contributed by atoms with Gasteiger partial charge in [-0.3, -0.25) is 4.79 Å². The van der Waals surface area contributed by atoms with Gasteiger partial charge in [-0.05, 0) is 23.6 Å². The van der Waals surface area contributed by atoms with E-state index in [-0.39, 0.29) is 10.6 Å². The summed E-state index contributed by atoms with van der Waals surface area (Å²) in [5.41, 5.74) is -0.356. The lowest BCUT2D eigenvalue weighted by Gasteiger charge is -2.07. The highest BCUT2D eigenvalue weighted by molar-refractivity contribution is 7.12. The Balaban J connectivity index is 2.29. The van der Waals surface area contributed by atoms with Crippen molar-refractivity contribution in [2.45, 2.75) is 0 Å². The average molecular weight is 332 g/mol. The molecule has 1 aromatic carbocycles. The van der Waals surface area contributed by atoms with E-state index >= 15 is 0 Å². The van der Waals surface area contributed by atoms with Gasteiger partial charge in [-0.25, -0.2) is 13.6 Å². The molecule has 0 fully saturated rings. The zero-order valence-electron chi connectivity index (χ0n) is 10.6. The Morgan fingerprint density at radius 1 is 1.29 bits per heavy atom. The lowest BCUT2D eigenvalue weighted by Crippen LogP contribution is -2.16. The molecule has 0 unspecified atom stereocenters. The van der Waals surface area contributed by atoms with Crippen molar-refractivity contribution >= 4 is 40.5 Å². The fourth-order valence-electron chi connectivity index (χ4n) is 1.54. The van der Waals surface area contributed by atoms with Crippen LogP contribution in [-0.4, -0.2) is 19.0 Å². The third-order valence-electron chi connectivity index (χ3n) is 2.54. The summed E-state index contributed by atoms with van der Waals surface area (Å²) >= 11 is 6.46. The normalized spacial score (nSPS) is 10.3. The van der Waals surface area contributed by atoms with Gasteiger partial charge in [-0.1, -0.05) is 11.6 Å². The largest absolute Gasteiger partial charge is 0.465 e. The van der Waals surface area contributed by atoms with Gasteiger partial charge in [-0.15, -0.1) is 11.3 Å². The van der Waals surface area contributed by atoms with Gasteiger partial charge < -0.3 is 10.1 Å². The molecule has 0 saturated carbocycles. The van der Waals surface area contributed by atoms with E-state index in [1.165, 1.54) is 13.2 Å². The first kappa shape index (κ1) is 15.4. The number of thiophene rings is 1. The fraction of sp³-hybridized carbons (Fsp3) is 0.0769. The molecule has 1 aromatic heterocycles. The monoisotopic (exact) mass is 331 g/mol. The zero-order chi connectivity index (χ0) is 15.6. The van der Waals surface area contributed by atoms with Gasteiger partial charge in [0, 0.05) is 0 Å². The minimum Gasteiger partial charge on any atom is -0.465 e. The van der Waals surface area contributed by atoms with Crippen molar-refractivity contribution in [2.75, 3.05) is 12.4 Å². The number of rotatable bonds is 3. The SMILES string of the molecule is COC(=O)c1sccc1NC(=O)c1cc(F)c(Cl)cc1F. The molecule has 0 aliphatic rings. The minimum atomic E-state index is -0.964. The molecule has 0 radical (unpaired) electrons. The van der Waals surface area contributed by atoms with Crippen LogP contribution in [0.25, 0.3) is 0 Å². The maximum atomic E-state index is 13.6. The molecule has 0 spiro atoms. The standard InChI is InChI=1S/C13H8ClF2NO3S/c1-20-13(19)11-10(2-3-21-11)17-12(18)6-4-9(16)7(14)5-8(6)15/h2-5H,1H3,(H,17,18). The lowest BCUT2D eigenvalue weighted by molar-refractivity contribution is 0.0607. The zero-order valence-corrected chi connectivity index (χ0v) is 12.1. The molecule has 4 nitrogen and oxygen atoms in total. The van der Waals surface area contributed by atoms with Gasteiger partial charge in [0.15, 0.2) is 0 Å². The molecule has 110 valence electrons. The molecular weight excluding hydrogens is 324 g/mol. The number of esters is 1. The maximum Gasteiger partial charge on any atom is 0.350 e. The van der Waals surface area contributed by atoms with Crippen LogP contribution < -0.4 is 5.32 Å². The summed E-state index contributed by atoms with van der Waals surface area (Å²) in [4.78, 5) is 23.6. The molecule has 2 aromatic rings. The van der Waals surface area contributed by atoms with Crippen molar-refractivity contribution in [3.05, 3.63) is 50.7 Å². The van der Waals surface area contributed by atoms with Crippen LogP contribution >= 0.6 is 22.9 Å². The van der Waals surface area contributed by atoms with Crippen LogP contribution in [0, 0.1) is 11.6 Å². The molecule has 21 heavy (non-hydrogen) atoms. The van der Waals surface area contributed by atoms with Crippen LogP contribution in [0.4, 0.5) is 14.5 Å². The van der Waals surface area contributed by atoms with Gasteiger partial charge in [0.25, 0.3) is 5.91 Å². The Morgan fingerprint density at radius 3 is 2.67 bits per heavy atom. The average Bonchev–Trinajstić information content (AvgIpc) is 2.90. The molecule has 1 heterocycles. The van der Waals surface area contributed by atoms with E-state index in [2.05, 4.69) is 10.1 Å². The molecule has 0 saturated heterocycles. The van der Waals surface area contributed by atoms with Gasteiger partial charge in [0.05, 0.1) is 23.4 Å². The number of methoxy groups -OCH3 is 1. The number of carbonyl (C=O) groups is 2. The summed E-state index contributed by atoms with van der Waals surface area (Å²) < 4.78 is 31.5. The van der Waals surface area contributed by atoms with Gasteiger partial charge in [0.2, 0.25) is 0 Å². The van der Waals surface area contributed by atoms with Gasteiger partial charge >= 0.3 is 5.97 Å². The third kappa shape index (κ3) is 3.20. The van der Waals surface area contributed by atoms with Crippen molar-refractivity contribution in [2.24, 2.45) is 0 Å². The molecule has 2 rings (SSSR count). The summed E-state index contributed by atoms with van der Waals surface area (Å²) in [5.74, 6) is -3.41. The molecule has 0 bridgehead atoms. The van der Waals surface area contributed by atoms with E-state index in [0.29, 0.717) is 12.1 Å². The molecule has 8 heteroatoms. The highest BCUT2D eigenvalue weighted by Gasteiger charge is 2.19. The second kappa shape index (κ2) is 6.19. The number of nitrogens with one attached hydrogen (secondary N) is 1. The summed E-state index contributed by atoms with van der Waals surface area (Å²) in [7, 11) is 1.20. The molecule has 0 atom stereocenters. The number of hydrogen-bond donors (Lipinski definition) is 1. The van der Waals surface area contributed by atoms with Crippen molar-refractivity contribution in [1.29, 1.82) is 0 Å². The minimum absolute atomic E-state index is 0.153. The fourth-order valence-corrected chi connectivity index (χ4v) is 2.46. The van der Waals surface area contributed by atoms with Crippen LogP contribution in [-0.2, 0) is 4.74 Å². The van der Waals surface area contributed by atoms with Crippen LogP contribution in [0.2, 0.25) is 5.02 Å². The highest BCUT2D eigenvalue weighted by atomic mass is 35.5. The molecule has 1 amide bonds. The number of hydrogen-bond acceptors (Lipinski definition) is 4. The van der Waals surface area contributed by atoms with Crippen LogP contribution in [0.1, 0.15) is 20.0 Å². The number of anilines is 1. The molecule has 1 N–H and O–H groups in total. The number of amides is 1. The number of halogens is 3. The number of carbonyl (C=O) groups excluding carboxylic acids is 2. The summed E-state index contributed by atoms with van der Waals surface area (Å²) in [5, 5.41) is 3.47. The first-order valence-corrected chi connectivity index (χ1v) is 6.81.